The fraction of sp³-hybridized carbons (Fsp3) is 0.278. The molecule has 2 aromatic carbocycles. The molecule has 2 aromatic rings. The third-order valence-electron chi connectivity index (χ3n) is 3.36. The van der Waals surface area contributed by atoms with E-state index in [4.69, 9.17) is 11.6 Å². The van der Waals surface area contributed by atoms with Crippen LogP contribution in [0.5, 0.6) is 0 Å². The first kappa shape index (κ1) is 16.9. The Hall–Kier alpha value is -1.45. The lowest BCUT2D eigenvalue weighted by Crippen LogP contribution is -2.29. The van der Waals surface area contributed by atoms with Gasteiger partial charge in [-0.2, -0.15) is 0 Å². The van der Waals surface area contributed by atoms with Gasteiger partial charge in [0.25, 0.3) is 0 Å². The maximum Gasteiger partial charge on any atom is 0.230 e. The minimum atomic E-state index is 0.0785. The summed E-state index contributed by atoms with van der Waals surface area (Å²) in [6.07, 6.45) is 0. The lowest BCUT2D eigenvalue weighted by atomic mass is 10.0. The predicted octanol–water partition coefficient (Wildman–Crippen LogP) is 4.49. The maximum atomic E-state index is 11.9. The van der Waals surface area contributed by atoms with Gasteiger partial charge in [-0.1, -0.05) is 61.0 Å². The van der Waals surface area contributed by atoms with Crippen LogP contribution in [0.3, 0.4) is 0 Å². The quantitative estimate of drug-likeness (QED) is 0.808. The van der Waals surface area contributed by atoms with Crippen LogP contribution in [-0.2, 0) is 10.5 Å². The minimum absolute atomic E-state index is 0.0785. The van der Waals surface area contributed by atoms with Gasteiger partial charge in [-0.3, -0.25) is 4.79 Å². The fourth-order valence-electron chi connectivity index (χ4n) is 2.11. The normalized spacial score (nSPS) is 11.9. The zero-order valence-corrected chi connectivity index (χ0v) is 14.2. The van der Waals surface area contributed by atoms with Crippen molar-refractivity contribution in [1.29, 1.82) is 0 Å². The summed E-state index contributed by atoms with van der Waals surface area (Å²) in [5.74, 6) is 1.66. The third-order valence-corrected chi connectivity index (χ3v) is 4.60. The summed E-state index contributed by atoms with van der Waals surface area (Å²) in [7, 11) is 0. The lowest BCUT2D eigenvalue weighted by molar-refractivity contribution is -0.118. The molecule has 0 fully saturated rings. The van der Waals surface area contributed by atoms with E-state index in [9.17, 15) is 4.79 Å². The summed E-state index contributed by atoms with van der Waals surface area (Å²) < 4.78 is 0. The van der Waals surface area contributed by atoms with Gasteiger partial charge in [-0.05, 0) is 29.2 Å². The SMILES string of the molecule is C[C@@H](CNC(=O)CSCc1cccc(Cl)c1)c1ccccc1. The van der Waals surface area contributed by atoms with Crippen LogP contribution >= 0.6 is 23.4 Å². The first-order valence-electron chi connectivity index (χ1n) is 7.29. The van der Waals surface area contributed by atoms with E-state index in [1.807, 2.05) is 42.5 Å². The molecular formula is C18H20ClNOS. The Morgan fingerprint density at radius 1 is 1.18 bits per heavy atom. The summed E-state index contributed by atoms with van der Waals surface area (Å²) in [5.41, 5.74) is 2.39. The van der Waals surface area contributed by atoms with Gasteiger partial charge in [-0.15, -0.1) is 11.8 Å². The monoisotopic (exact) mass is 333 g/mol. The molecule has 0 heterocycles. The largest absolute Gasteiger partial charge is 0.355 e. The molecule has 0 aliphatic heterocycles. The molecular weight excluding hydrogens is 314 g/mol. The molecule has 22 heavy (non-hydrogen) atoms. The number of carbonyl (C=O) groups is 1. The van der Waals surface area contributed by atoms with Crippen molar-refractivity contribution >= 4 is 29.3 Å². The number of benzene rings is 2. The Morgan fingerprint density at radius 3 is 2.68 bits per heavy atom. The molecule has 0 aliphatic rings. The second-order valence-corrected chi connectivity index (χ2v) is 6.66. The van der Waals surface area contributed by atoms with Crippen molar-refractivity contribution in [3.05, 3.63) is 70.7 Å². The second-order valence-electron chi connectivity index (χ2n) is 5.24. The zero-order chi connectivity index (χ0) is 15.8. The number of rotatable bonds is 7. The van der Waals surface area contributed by atoms with E-state index in [2.05, 4.69) is 24.4 Å². The Balaban J connectivity index is 1.68. The number of thioether (sulfide) groups is 1. The highest BCUT2D eigenvalue weighted by Crippen LogP contribution is 2.17. The molecule has 0 saturated heterocycles. The van der Waals surface area contributed by atoms with E-state index in [1.54, 1.807) is 11.8 Å². The molecule has 0 unspecified atom stereocenters. The van der Waals surface area contributed by atoms with Gasteiger partial charge >= 0.3 is 0 Å². The van der Waals surface area contributed by atoms with E-state index in [-0.39, 0.29) is 5.91 Å². The molecule has 2 nitrogen and oxygen atoms in total. The van der Waals surface area contributed by atoms with Crippen LogP contribution in [0.15, 0.2) is 54.6 Å². The Bertz CT molecular complexity index is 603. The fourth-order valence-corrected chi connectivity index (χ4v) is 3.12. The van der Waals surface area contributed by atoms with Crippen LogP contribution in [0.4, 0.5) is 0 Å². The van der Waals surface area contributed by atoms with Gasteiger partial charge in [0.2, 0.25) is 5.91 Å². The van der Waals surface area contributed by atoms with Crippen molar-refractivity contribution in [1.82, 2.24) is 5.32 Å². The predicted molar refractivity (Wildman–Crippen MR) is 95.5 cm³/mol. The summed E-state index contributed by atoms with van der Waals surface area (Å²) >= 11 is 7.54. The van der Waals surface area contributed by atoms with Crippen molar-refractivity contribution in [3.8, 4) is 0 Å². The molecule has 0 radical (unpaired) electrons. The highest BCUT2D eigenvalue weighted by molar-refractivity contribution is 7.99. The number of hydrogen-bond donors (Lipinski definition) is 1. The number of halogens is 1. The molecule has 1 amide bonds. The number of nitrogens with one attached hydrogen (secondary N) is 1. The summed E-state index contributed by atoms with van der Waals surface area (Å²) in [6.45, 7) is 2.79. The lowest BCUT2D eigenvalue weighted by Gasteiger charge is -2.13. The van der Waals surface area contributed by atoms with Gasteiger partial charge in [0.05, 0.1) is 5.75 Å². The topological polar surface area (TPSA) is 29.1 Å². The standard InChI is InChI=1S/C18H20ClNOS/c1-14(16-7-3-2-4-8-16)11-20-18(21)13-22-12-15-6-5-9-17(19)10-15/h2-10,14H,11-13H2,1H3,(H,20,21)/t14-/m0/s1. The minimum Gasteiger partial charge on any atom is -0.355 e. The van der Waals surface area contributed by atoms with Gasteiger partial charge in [0, 0.05) is 17.3 Å². The average molecular weight is 334 g/mol. The van der Waals surface area contributed by atoms with E-state index in [0.29, 0.717) is 18.2 Å². The summed E-state index contributed by atoms with van der Waals surface area (Å²) in [5, 5.41) is 3.73. The third kappa shape index (κ3) is 5.74. The molecule has 0 aromatic heterocycles. The Labute approximate surface area is 141 Å². The second kappa shape index (κ2) is 8.86. The Morgan fingerprint density at radius 2 is 1.95 bits per heavy atom. The smallest absolute Gasteiger partial charge is 0.230 e. The van der Waals surface area contributed by atoms with Gasteiger partial charge in [0.1, 0.15) is 0 Å². The number of carbonyl (C=O) groups excluding carboxylic acids is 1. The molecule has 1 atom stereocenters. The van der Waals surface area contributed by atoms with E-state index in [0.717, 1.165) is 16.3 Å². The van der Waals surface area contributed by atoms with Crippen LogP contribution < -0.4 is 5.32 Å². The van der Waals surface area contributed by atoms with Crippen molar-refractivity contribution in [2.24, 2.45) is 0 Å². The van der Waals surface area contributed by atoms with Crippen molar-refractivity contribution in [2.75, 3.05) is 12.3 Å². The van der Waals surface area contributed by atoms with Crippen molar-refractivity contribution in [3.63, 3.8) is 0 Å². The molecule has 0 bridgehead atoms. The molecule has 0 spiro atoms. The van der Waals surface area contributed by atoms with Crippen LogP contribution in [0, 0.1) is 0 Å². The first-order valence-corrected chi connectivity index (χ1v) is 8.82. The van der Waals surface area contributed by atoms with Gasteiger partial charge in [-0.25, -0.2) is 0 Å². The molecule has 0 saturated carbocycles. The summed E-state index contributed by atoms with van der Waals surface area (Å²) in [6, 6.07) is 18.0. The van der Waals surface area contributed by atoms with Gasteiger partial charge < -0.3 is 5.32 Å². The molecule has 1 N–H and O–H groups in total. The van der Waals surface area contributed by atoms with Crippen LogP contribution in [0.25, 0.3) is 0 Å². The van der Waals surface area contributed by atoms with Crippen LogP contribution in [0.1, 0.15) is 24.0 Å². The van der Waals surface area contributed by atoms with E-state index in [1.165, 1.54) is 5.56 Å². The number of amides is 1. The van der Waals surface area contributed by atoms with E-state index < -0.39 is 0 Å². The van der Waals surface area contributed by atoms with Crippen molar-refractivity contribution < 1.29 is 4.79 Å². The maximum absolute atomic E-state index is 11.9. The highest BCUT2D eigenvalue weighted by Gasteiger charge is 2.07. The van der Waals surface area contributed by atoms with Crippen LogP contribution in [-0.4, -0.2) is 18.2 Å². The molecule has 2 rings (SSSR count). The first-order chi connectivity index (χ1) is 10.6. The van der Waals surface area contributed by atoms with Crippen molar-refractivity contribution in [2.45, 2.75) is 18.6 Å². The van der Waals surface area contributed by atoms with E-state index >= 15 is 0 Å². The molecule has 116 valence electrons. The van der Waals surface area contributed by atoms with Crippen LogP contribution in [0.2, 0.25) is 5.02 Å². The Kier molecular flexibility index (Phi) is 6.81. The highest BCUT2D eigenvalue weighted by atomic mass is 35.5. The van der Waals surface area contributed by atoms with Gasteiger partial charge in [0.15, 0.2) is 0 Å². The molecule has 0 aliphatic carbocycles. The number of hydrogen-bond acceptors (Lipinski definition) is 2. The average Bonchev–Trinajstić information content (AvgIpc) is 2.53. The summed E-state index contributed by atoms with van der Waals surface area (Å²) in [4.78, 5) is 11.9. The zero-order valence-electron chi connectivity index (χ0n) is 12.6. The molecule has 4 heteroatoms.